The molecular formula is C11H16N4O2. The molecule has 1 fully saturated rings. The number of aromatic nitrogens is 1. The standard InChI is InChI=1S/C11H16N4O2/c1-17-11-7(12)4-5-9(14-11)15-6-2-3-8(15)10(13)16/h4-5,8H,2-3,6,12H2,1H3,(H2,13,16). The fourth-order valence-electron chi connectivity index (χ4n) is 2.10. The number of primary amides is 1. The van der Waals surface area contributed by atoms with Gasteiger partial charge in [-0.3, -0.25) is 4.79 Å². The van der Waals surface area contributed by atoms with E-state index in [1.165, 1.54) is 7.11 Å². The van der Waals surface area contributed by atoms with Crippen molar-refractivity contribution in [3.63, 3.8) is 0 Å². The van der Waals surface area contributed by atoms with E-state index >= 15 is 0 Å². The van der Waals surface area contributed by atoms with Crippen molar-refractivity contribution >= 4 is 17.4 Å². The lowest BCUT2D eigenvalue weighted by atomic mass is 10.2. The molecule has 0 saturated carbocycles. The molecule has 1 aromatic heterocycles. The third kappa shape index (κ3) is 2.11. The van der Waals surface area contributed by atoms with Gasteiger partial charge in [0.2, 0.25) is 11.8 Å². The first-order chi connectivity index (χ1) is 8.13. The van der Waals surface area contributed by atoms with Crippen LogP contribution in [0, 0.1) is 0 Å². The highest BCUT2D eigenvalue weighted by Gasteiger charge is 2.30. The van der Waals surface area contributed by atoms with Crippen LogP contribution >= 0.6 is 0 Å². The lowest BCUT2D eigenvalue weighted by Crippen LogP contribution is -2.40. The molecule has 1 unspecified atom stereocenters. The Balaban J connectivity index is 2.30. The molecular weight excluding hydrogens is 220 g/mol. The summed E-state index contributed by atoms with van der Waals surface area (Å²) in [6.07, 6.45) is 1.70. The lowest BCUT2D eigenvalue weighted by Gasteiger charge is -2.23. The normalized spacial score (nSPS) is 19.4. The van der Waals surface area contributed by atoms with E-state index in [9.17, 15) is 4.79 Å². The van der Waals surface area contributed by atoms with Gasteiger partial charge < -0.3 is 21.1 Å². The maximum atomic E-state index is 11.3. The number of nitrogen functional groups attached to an aromatic ring is 1. The van der Waals surface area contributed by atoms with E-state index < -0.39 is 0 Å². The third-order valence-electron chi connectivity index (χ3n) is 2.94. The second-order valence-corrected chi connectivity index (χ2v) is 4.02. The van der Waals surface area contributed by atoms with Crippen molar-refractivity contribution in [1.29, 1.82) is 0 Å². The Morgan fingerprint density at radius 1 is 1.59 bits per heavy atom. The number of pyridine rings is 1. The molecule has 0 spiro atoms. The van der Waals surface area contributed by atoms with Gasteiger partial charge in [-0.25, -0.2) is 0 Å². The molecule has 0 bridgehead atoms. The van der Waals surface area contributed by atoms with Gasteiger partial charge in [-0.15, -0.1) is 0 Å². The molecule has 6 heteroatoms. The Bertz CT molecular complexity index is 435. The maximum Gasteiger partial charge on any atom is 0.240 e. The Morgan fingerprint density at radius 2 is 2.35 bits per heavy atom. The van der Waals surface area contributed by atoms with Crippen LogP contribution in [0.5, 0.6) is 5.88 Å². The van der Waals surface area contributed by atoms with Gasteiger partial charge in [-0.1, -0.05) is 0 Å². The van der Waals surface area contributed by atoms with Crippen LogP contribution in [0.1, 0.15) is 12.8 Å². The van der Waals surface area contributed by atoms with E-state index in [2.05, 4.69) is 4.98 Å². The van der Waals surface area contributed by atoms with Crippen molar-refractivity contribution in [2.45, 2.75) is 18.9 Å². The molecule has 0 aromatic carbocycles. The molecule has 1 saturated heterocycles. The molecule has 1 aliphatic heterocycles. The van der Waals surface area contributed by atoms with E-state index in [0.29, 0.717) is 17.4 Å². The molecule has 0 aliphatic carbocycles. The van der Waals surface area contributed by atoms with E-state index in [0.717, 1.165) is 19.4 Å². The molecule has 2 heterocycles. The monoisotopic (exact) mass is 236 g/mol. The fraction of sp³-hybridized carbons (Fsp3) is 0.455. The number of carbonyl (C=O) groups is 1. The van der Waals surface area contributed by atoms with Gasteiger partial charge in [0.1, 0.15) is 11.9 Å². The van der Waals surface area contributed by atoms with E-state index in [4.69, 9.17) is 16.2 Å². The number of carbonyl (C=O) groups excluding carboxylic acids is 1. The summed E-state index contributed by atoms with van der Waals surface area (Å²) in [6.45, 7) is 0.772. The number of anilines is 2. The van der Waals surface area contributed by atoms with E-state index in [1.807, 2.05) is 4.90 Å². The molecule has 17 heavy (non-hydrogen) atoms. The number of hydrogen-bond acceptors (Lipinski definition) is 5. The first-order valence-corrected chi connectivity index (χ1v) is 5.50. The van der Waals surface area contributed by atoms with Crippen LogP contribution in [-0.4, -0.2) is 30.6 Å². The average Bonchev–Trinajstić information content (AvgIpc) is 2.78. The Morgan fingerprint density at radius 3 is 3.00 bits per heavy atom. The number of amides is 1. The predicted molar refractivity (Wildman–Crippen MR) is 64.8 cm³/mol. The summed E-state index contributed by atoms with van der Waals surface area (Å²) in [5, 5.41) is 0. The van der Waals surface area contributed by atoms with Gasteiger partial charge in [0.25, 0.3) is 0 Å². The van der Waals surface area contributed by atoms with Crippen LogP contribution in [0.15, 0.2) is 12.1 Å². The molecule has 0 radical (unpaired) electrons. The zero-order valence-electron chi connectivity index (χ0n) is 9.72. The van der Waals surface area contributed by atoms with Crippen molar-refractivity contribution in [3.05, 3.63) is 12.1 Å². The Labute approximate surface area is 99.5 Å². The zero-order chi connectivity index (χ0) is 12.4. The minimum atomic E-state index is -0.319. The number of rotatable bonds is 3. The van der Waals surface area contributed by atoms with E-state index in [1.54, 1.807) is 12.1 Å². The highest BCUT2D eigenvalue weighted by atomic mass is 16.5. The molecule has 4 N–H and O–H groups in total. The first-order valence-electron chi connectivity index (χ1n) is 5.50. The minimum Gasteiger partial charge on any atom is -0.479 e. The highest BCUT2D eigenvalue weighted by molar-refractivity contribution is 5.84. The van der Waals surface area contributed by atoms with Crippen LogP contribution < -0.4 is 21.1 Å². The van der Waals surface area contributed by atoms with Gasteiger partial charge in [0.15, 0.2) is 0 Å². The summed E-state index contributed by atoms with van der Waals surface area (Å²) in [6, 6.07) is 3.22. The molecule has 1 aromatic rings. The van der Waals surface area contributed by atoms with Crippen LogP contribution in [0.4, 0.5) is 11.5 Å². The summed E-state index contributed by atoms with van der Waals surface area (Å²) in [5.41, 5.74) is 11.5. The van der Waals surface area contributed by atoms with Gasteiger partial charge >= 0.3 is 0 Å². The van der Waals surface area contributed by atoms with Gasteiger partial charge in [0, 0.05) is 6.54 Å². The first kappa shape index (κ1) is 11.5. The predicted octanol–water partition coefficient (Wildman–Crippen LogP) is 0.126. The molecule has 1 atom stereocenters. The minimum absolute atomic E-state index is 0.282. The van der Waals surface area contributed by atoms with Gasteiger partial charge in [-0.2, -0.15) is 4.98 Å². The number of nitrogens with two attached hydrogens (primary N) is 2. The number of ether oxygens (including phenoxy) is 1. The fourth-order valence-corrected chi connectivity index (χ4v) is 2.10. The molecule has 92 valence electrons. The lowest BCUT2D eigenvalue weighted by molar-refractivity contribution is -0.119. The van der Waals surface area contributed by atoms with Crippen LogP contribution in [0.25, 0.3) is 0 Å². The molecule has 2 rings (SSSR count). The molecule has 6 nitrogen and oxygen atoms in total. The zero-order valence-corrected chi connectivity index (χ0v) is 9.72. The quantitative estimate of drug-likeness (QED) is 0.777. The van der Waals surface area contributed by atoms with Crippen molar-refractivity contribution in [2.75, 3.05) is 24.3 Å². The van der Waals surface area contributed by atoms with E-state index in [-0.39, 0.29) is 11.9 Å². The van der Waals surface area contributed by atoms with Crippen LogP contribution in [-0.2, 0) is 4.79 Å². The van der Waals surface area contributed by atoms with Crippen LogP contribution in [0.2, 0.25) is 0 Å². The molecule has 1 aliphatic rings. The number of methoxy groups -OCH3 is 1. The second kappa shape index (κ2) is 4.48. The molecule has 1 amide bonds. The smallest absolute Gasteiger partial charge is 0.240 e. The van der Waals surface area contributed by atoms with Crippen molar-refractivity contribution < 1.29 is 9.53 Å². The summed E-state index contributed by atoms with van der Waals surface area (Å²) in [5.74, 6) is 0.732. The summed E-state index contributed by atoms with van der Waals surface area (Å²) in [4.78, 5) is 17.5. The van der Waals surface area contributed by atoms with Crippen molar-refractivity contribution in [2.24, 2.45) is 5.73 Å². The average molecular weight is 236 g/mol. The number of hydrogen-bond donors (Lipinski definition) is 2. The highest BCUT2D eigenvalue weighted by Crippen LogP contribution is 2.28. The third-order valence-corrected chi connectivity index (χ3v) is 2.94. The largest absolute Gasteiger partial charge is 0.479 e. The maximum absolute atomic E-state index is 11.3. The van der Waals surface area contributed by atoms with Crippen LogP contribution in [0.3, 0.4) is 0 Å². The Hall–Kier alpha value is -1.98. The SMILES string of the molecule is COc1nc(N2CCCC2C(N)=O)ccc1N. The topological polar surface area (TPSA) is 94.5 Å². The summed E-state index contributed by atoms with van der Waals surface area (Å²) >= 11 is 0. The second-order valence-electron chi connectivity index (χ2n) is 4.02. The van der Waals surface area contributed by atoms with Gasteiger partial charge in [-0.05, 0) is 25.0 Å². The van der Waals surface area contributed by atoms with Crippen molar-refractivity contribution in [1.82, 2.24) is 4.98 Å². The summed E-state index contributed by atoms with van der Waals surface area (Å²) < 4.78 is 5.06. The van der Waals surface area contributed by atoms with Gasteiger partial charge in [0.05, 0.1) is 12.8 Å². The summed E-state index contributed by atoms with van der Waals surface area (Å²) in [7, 11) is 1.51. The van der Waals surface area contributed by atoms with Crippen molar-refractivity contribution in [3.8, 4) is 5.88 Å². The Kier molecular flexibility index (Phi) is 3.03. The number of nitrogens with zero attached hydrogens (tertiary/aromatic N) is 2.